The number of fused-ring (bicyclic) bond motifs is 2. The van der Waals surface area contributed by atoms with Crippen molar-refractivity contribution in [2.75, 3.05) is 23.8 Å². The molecule has 3 aromatic rings. The Kier molecular flexibility index (Phi) is 6.82. The Labute approximate surface area is 234 Å². The lowest BCUT2D eigenvalue weighted by Crippen LogP contribution is -2.27. The fourth-order valence-electron chi connectivity index (χ4n) is 5.79. The Morgan fingerprint density at radius 1 is 0.947 bits per heavy atom. The summed E-state index contributed by atoms with van der Waals surface area (Å²) in [6.45, 7) is 12.9. The van der Waals surface area contributed by atoms with E-state index in [-0.39, 0.29) is 21.4 Å². The van der Waals surface area contributed by atoms with Crippen molar-refractivity contribution in [3.63, 3.8) is 0 Å². The van der Waals surface area contributed by atoms with Crippen LogP contribution in [0.25, 0.3) is 0 Å². The summed E-state index contributed by atoms with van der Waals surface area (Å²) in [6, 6.07) is 15.3. The molecule has 8 heteroatoms. The topological polar surface area (TPSA) is 57.0 Å². The maximum absolute atomic E-state index is 5.91. The lowest BCUT2D eigenvalue weighted by atomic mass is 9.80. The monoisotopic (exact) mass is 547 g/mol. The molecule has 6 nitrogen and oxygen atoms in total. The van der Waals surface area contributed by atoms with E-state index < -0.39 is 0 Å². The Morgan fingerprint density at radius 2 is 1.66 bits per heavy atom. The summed E-state index contributed by atoms with van der Waals surface area (Å²) < 4.78 is 2.29. The highest BCUT2D eigenvalue weighted by Gasteiger charge is 2.43. The van der Waals surface area contributed by atoms with Gasteiger partial charge in [0.05, 0.1) is 5.41 Å². The molecule has 38 heavy (non-hydrogen) atoms. The number of allylic oxidation sites excluding steroid dienone is 4. The SMILES string of the molecule is CCN1C(=CC=CC2=[N+](C)c3ccc(CNc4nc(Cl)nc(Cl)n4)cc3C2(C)C)C(C)(C)c2ccccc21. The van der Waals surface area contributed by atoms with Gasteiger partial charge in [0.25, 0.3) is 0 Å². The first-order valence-corrected chi connectivity index (χ1v) is 13.6. The van der Waals surface area contributed by atoms with Gasteiger partial charge in [-0.05, 0) is 73.3 Å². The molecule has 2 aliphatic heterocycles. The number of nitrogens with zero attached hydrogens (tertiary/aromatic N) is 5. The molecule has 0 radical (unpaired) electrons. The average molecular weight is 549 g/mol. The molecule has 1 aromatic heterocycles. The highest BCUT2D eigenvalue weighted by Crippen LogP contribution is 2.47. The van der Waals surface area contributed by atoms with E-state index in [9.17, 15) is 0 Å². The second-order valence-corrected chi connectivity index (χ2v) is 11.4. The van der Waals surface area contributed by atoms with Crippen LogP contribution in [0.2, 0.25) is 10.6 Å². The number of anilines is 2. The zero-order chi connectivity index (χ0) is 27.2. The Balaban J connectivity index is 1.39. The average Bonchev–Trinajstić information content (AvgIpc) is 3.20. The first-order chi connectivity index (χ1) is 18.0. The third kappa shape index (κ3) is 4.50. The standard InChI is InChI=1S/C30H33Cl2N6/c1-7-38-23-12-9-8-11-20(23)29(2,3)25(38)14-10-13-24-30(4,5)21-17-19(15-16-22(21)37(24)6)18-33-28-35-26(31)34-27(32)36-28/h8-17H,7,18H2,1-6H3,(H,33,34,35,36)/q+1. The molecule has 196 valence electrons. The lowest BCUT2D eigenvalue weighted by Gasteiger charge is -2.25. The predicted molar refractivity (Wildman–Crippen MR) is 157 cm³/mol. The number of hydrogen-bond donors (Lipinski definition) is 1. The highest BCUT2D eigenvalue weighted by atomic mass is 35.5. The maximum atomic E-state index is 5.91. The van der Waals surface area contributed by atoms with Gasteiger partial charge in [0.2, 0.25) is 22.2 Å². The van der Waals surface area contributed by atoms with Crippen LogP contribution in [-0.4, -0.2) is 38.8 Å². The zero-order valence-electron chi connectivity index (χ0n) is 22.7. The molecule has 3 heterocycles. The largest absolute Gasteiger partial charge is 0.350 e. The smallest absolute Gasteiger partial charge is 0.228 e. The second-order valence-electron chi connectivity index (χ2n) is 10.8. The number of benzene rings is 2. The van der Waals surface area contributed by atoms with E-state index in [0.717, 1.165) is 12.1 Å². The van der Waals surface area contributed by atoms with Crippen molar-refractivity contribution in [3.8, 4) is 0 Å². The second kappa shape index (κ2) is 9.83. The fourth-order valence-corrected chi connectivity index (χ4v) is 6.15. The molecule has 2 aromatic carbocycles. The molecule has 0 aliphatic carbocycles. The van der Waals surface area contributed by atoms with E-state index >= 15 is 0 Å². The molecule has 0 saturated heterocycles. The molecule has 5 rings (SSSR count). The summed E-state index contributed by atoms with van der Waals surface area (Å²) in [6.07, 6.45) is 6.75. The summed E-state index contributed by atoms with van der Waals surface area (Å²) in [5.41, 5.74) is 8.66. The van der Waals surface area contributed by atoms with Crippen molar-refractivity contribution in [1.82, 2.24) is 15.0 Å². The molecular formula is C30H33Cl2N6+. The third-order valence-electron chi connectivity index (χ3n) is 7.75. The molecule has 2 aliphatic rings. The van der Waals surface area contributed by atoms with Crippen LogP contribution in [0.1, 0.15) is 51.3 Å². The fraction of sp³-hybridized carbons (Fsp3) is 0.333. The van der Waals surface area contributed by atoms with Crippen LogP contribution in [-0.2, 0) is 17.4 Å². The van der Waals surface area contributed by atoms with Crippen molar-refractivity contribution in [3.05, 3.63) is 93.6 Å². The van der Waals surface area contributed by atoms with Crippen LogP contribution in [0.3, 0.4) is 0 Å². The van der Waals surface area contributed by atoms with E-state index in [0.29, 0.717) is 12.5 Å². The number of rotatable bonds is 6. The van der Waals surface area contributed by atoms with E-state index in [2.05, 4.69) is 132 Å². The van der Waals surface area contributed by atoms with Crippen LogP contribution in [0.5, 0.6) is 0 Å². The predicted octanol–water partition coefficient (Wildman–Crippen LogP) is 7.05. The Bertz CT molecular complexity index is 1480. The van der Waals surface area contributed by atoms with Crippen molar-refractivity contribution in [2.45, 2.75) is 52.0 Å². The molecule has 0 fully saturated rings. The van der Waals surface area contributed by atoms with Gasteiger partial charge in [-0.2, -0.15) is 19.5 Å². The van der Waals surface area contributed by atoms with Gasteiger partial charge < -0.3 is 10.2 Å². The van der Waals surface area contributed by atoms with Gasteiger partial charge in [0, 0.05) is 47.6 Å². The number of aromatic nitrogens is 3. The minimum Gasteiger partial charge on any atom is -0.350 e. The van der Waals surface area contributed by atoms with Crippen molar-refractivity contribution in [2.24, 2.45) is 0 Å². The normalized spacial score (nSPS) is 18.4. The summed E-state index contributed by atoms with van der Waals surface area (Å²) in [4.78, 5) is 14.4. The van der Waals surface area contributed by atoms with Crippen LogP contribution in [0, 0.1) is 0 Å². The van der Waals surface area contributed by atoms with Gasteiger partial charge in [-0.15, -0.1) is 0 Å². The minimum atomic E-state index is -0.159. The number of halogens is 2. The van der Waals surface area contributed by atoms with Crippen molar-refractivity contribution in [1.29, 1.82) is 0 Å². The quantitative estimate of drug-likeness (QED) is 0.335. The number of hydrogen-bond acceptors (Lipinski definition) is 5. The Morgan fingerprint density at radius 3 is 2.37 bits per heavy atom. The van der Waals surface area contributed by atoms with Gasteiger partial charge in [-0.1, -0.05) is 44.2 Å². The van der Waals surface area contributed by atoms with Crippen LogP contribution < -0.4 is 10.2 Å². The molecule has 0 spiro atoms. The minimum absolute atomic E-state index is 0.0451. The van der Waals surface area contributed by atoms with Crippen LogP contribution >= 0.6 is 23.2 Å². The summed E-state index contributed by atoms with van der Waals surface area (Å²) in [5.74, 6) is 0.355. The molecular weight excluding hydrogens is 515 g/mol. The summed E-state index contributed by atoms with van der Waals surface area (Å²) >= 11 is 11.8. The molecule has 0 unspecified atom stereocenters. The zero-order valence-corrected chi connectivity index (χ0v) is 24.2. The number of para-hydroxylation sites is 1. The van der Waals surface area contributed by atoms with E-state index in [1.165, 1.54) is 33.9 Å². The van der Waals surface area contributed by atoms with Crippen molar-refractivity contribution < 1.29 is 4.58 Å². The van der Waals surface area contributed by atoms with E-state index in [4.69, 9.17) is 23.2 Å². The number of likely N-dealkylation sites (N-methyl/N-ethyl adjacent to an activating group) is 1. The number of nitrogens with one attached hydrogen (secondary N) is 1. The Hall–Kier alpha value is -3.22. The van der Waals surface area contributed by atoms with Crippen molar-refractivity contribution >= 4 is 46.2 Å². The van der Waals surface area contributed by atoms with E-state index in [1.807, 2.05) is 0 Å². The first kappa shape index (κ1) is 26.4. The summed E-state index contributed by atoms with van der Waals surface area (Å²) in [7, 11) is 2.14. The molecule has 0 saturated carbocycles. The maximum Gasteiger partial charge on any atom is 0.228 e. The highest BCUT2D eigenvalue weighted by molar-refractivity contribution is 6.31. The van der Waals surface area contributed by atoms with Gasteiger partial charge in [-0.25, -0.2) is 0 Å². The molecule has 0 atom stereocenters. The van der Waals surface area contributed by atoms with Gasteiger partial charge in [0.15, 0.2) is 5.71 Å². The summed E-state index contributed by atoms with van der Waals surface area (Å²) in [5, 5.41) is 3.33. The third-order valence-corrected chi connectivity index (χ3v) is 8.09. The van der Waals surface area contributed by atoms with Gasteiger partial charge >= 0.3 is 0 Å². The molecule has 0 amide bonds. The van der Waals surface area contributed by atoms with E-state index in [1.54, 1.807) is 0 Å². The van der Waals surface area contributed by atoms with Gasteiger partial charge in [-0.3, -0.25) is 0 Å². The molecule has 0 bridgehead atoms. The first-order valence-electron chi connectivity index (χ1n) is 12.9. The van der Waals surface area contributed by atoms with Crippen LogP contribution in [0.4, 0.5) is 17.3 Å². The molecule has 1 N–H and O–H groups in total. The lowest BCUT2D eigenvalue weighted by molar-refractivity contribution is -0.401. The van der Waals surface area contributed by atoms with Crippen LogP contribution in [0.15, 0.2) is 66.4 Å². The van der Waals surface area contributed by atoms with Gasteiger partial charge in [0.1, 0.15) is 7.05 Å².